The van der Waals surface area contributed by atoms with Crippen LogP contribution in [0.2, 0.25) is 0 Å². The molecule has 0 saturated carbocycles. The van der Waals surface area contributed by atoms with Crippen LogP contribution in [-0.4, -0.2) is 31.1 Å². The summed E-state index contributed by atoms with van der Waals surface area (Å²) in [4.78, 5) is 2.34. The van der Waals surface area contributed by atoms with Crippen LogP contribution in [0.15, 0.2) is 16.8 Å². The van der Waals surface area contributed by atoms with Crippen molar-refractivity contribution in [3.05, 3.63) is 22.4 Å². The first-order valence-corrected chi connectivity index (χ1v) is 6.63. The molecule has 0 amide bonds. The standard InChI is InChI=1S/C12H19N3S/c1-3-15(4-2)7-6-14-12(9-13)11-5-8-16-10-11/h5,8,10,12,14H,3-4,6-7H2,1-2H3. The molecule has 1 N–H and O–H groups in total. The molecule has 0 saturated heterocycles. The molecule has 16 heavy (non-hydrogen) atoms. The van der Waals surface area contributed by atoms with Gasteiger partial charge in [-0.15, -0.1) is 0 Å². The lowest BCUT2D eigenvalue weighted by Crippen LogP contribution is -2.33. The highest BCUT2D eigenvalue weighted by Gasteiger charge is 2.09. The van der Waals surface area contributed by atoms with Gasteiger partial charge in [0.2, 0.25) is 0 Å². The van der Waals surface area contributed by atoms with Gasteiger partial charge in [-0.05, 0) is 35.5 Å². The molecule has 1 unspecified atom stereocenters. The first-order chi connectivity index (χ1) is 7.81. The molecule has 3 nitrogen and oxygen atoms in total. The van der Waals surface area contributed by atoms with Crippen LogP contribution in [0.25, 0.3) is 0 Å². The molecule has 0 spiro atoms. The third-order valence-corrected chi connectivity index (χ3v) is 3.38. The average Bonchev–Trinajstić information content (AvgIpc) is 2.83. The summed E-state index contributed by atoms with van der Waals surface area (Å²) in [5.74, 6) is 0. The highest BCUT2D eigenvalue weighted by Crippen LogP contribution is 2.14. The summed E-state index contributed by atoms with van der Waals surface area (Å²) in [5, 5.41) is 16.4. The van der Waals surface area contributed by atoms with Crippen LogP contribution in [0.4, 0.5) is 0 Å². The highest BCUT2D eigenvalue weighted by molar-refractivity contribution is 7.08. The Morgan fingerprint density at radius 2 is 2.25 bits per heavy atom. The topological polar surface area (TPSA) is 39.1 Å². The smallest absolute Gasteiger partial charge is 0.122 e. The lowest BCUT2D eigenvalue weighted by molar-refractivity contribution is 0.300. The molecule has 88 valence electrons. The van der Waals surface area contributed by atoms with Crippen LogP contribution >= 0.6 is 11.3 Å². The van der Waals surface area contributed by atoms with Gasteiger partial charge in [0.25, 0.3) is 0 Å². The molecular formula is C12H19N3S. The van der Waals surface area contributed by atoms with Crippen molar-refractivity contribution in [3.63, 3.8) is 0 Å². The maximum Gasteiger partial charge on any atom is 0.122 e. The van der Waals surface area contributed by atoms with Gasteiger partial charge in [-0.25, -0.2) is 0 Å². The van der Waals surface area contributed by atoms with Crippen LogP contribution < -0.4 is 5.32 Å². The molecule has 0 aromatic carbocycles. The second-order valence-electron chi connectivity index (χ2n) is 3.60. The number of nitriles is 1. The molecule has 0 fully saturated rings. The van der Waals surface area contributed by atoms with Crippen molar-refractivity contribution < 1.29 is 0 Å². The Morgan fingerprint density at radius 3 is 2.75 bits per heavy atom. The van der Waals surface area contributed by atoms with Gasteiger partial charge >= 0.3 is 0 Å². The normalized spacial score (nSPS) is 12.6. The number of hydrogen-bond donors (Lipinski definition) is 1. The Hall–Kier alpha value is -0.890. The second kappa shape index (κ2) is 7.39. The molecule has 0 aliphatic rings. The monoisotopic (exact) mass is 237 g/mol. The van der Waals surface area contributed by atoms with Crippen molar-refractivity contribution in [3.8, 4) is 6.07 Å². The van der Waals surface area contributed by atoms with Gasteiger partial charge in [-0.3, -0.25) is 5.32 Å². The lowest BCUT2D eigenvalue weighted by atomic mass is 10.2. The van der Waals surface area contributed by atoms with E-state index in [9.17, 15) is 0 Å². The zero-order valence-electron chi connectivity index (χ0n) is 9.94. The molecule has 1 rings (SSSR count). The fraction of sp³-hybridized carbons (Fsp3) is 0.583. The van der Waals surface area contributed by atoms with Crippen molar-refractivity contribution in [2.75, 3.05) is 26.2 Å². The number of nitrogens with zero attached hydrogens (tertiary/aromatic N) is 2. The summed E-state index contributed by atoms with van der Waals surface area (Å²) in [5.41, 5.74) is 1.08. The van der Waals surface area contributed by atoms with Gasteiger partial charge in [0, 0.05) is 13.1 Å². The van der Waals surface area contributed by atoms with E-state index in [1.807, 2.05) is 16.8 Å². The minimum Gasteiger partial charge on any atom is -0.303 e. The second-order valence-corrected chi connectivity index (χ2v) is 4.38. The van der Waals surface area contributed by atoms with E-state index in [-0.39, 0.29) is 6.04 Å². The van der Waals surface area contributed by atoms with Gasteiger partial charge in [-0.2, -0.15) is 16.6 Å². The lowest BCUT2D eigenvalue weighted by Gasteiger charge is -2.19. The number of rotatable bonds is 7. The summed E-state index contributed by atoms with van der Waals surface area (Å²) < 4.78 is 0. The minimum absolute atomic E-state index is 0.165. The van der Waals surface area contributed by atoms with Crippen LogP contribution in [0.5, 0.6) is 0 Å². The van der Waals surface area contributed by atoms with E-state index in [4.69, 9.17) is 5.26 Å². The van der Waals surface area contributed by atoms with Crippen molar-refractivity contribution in [1.82, 2.24) is 10.2 Å². The van der Waals surface area contributed by atoms with E-state index in [0.29, 0.717) is 0 Å². The van der Waals surface area contributed by atoms with Crippen molar-refractivity contribution >= 4 is 11.3 Å². The third kappa shape index (κ3) is 3.93. The van der Waals surface area contributed by atoms with Crippen molar-refractivity contribution in [2.24, 2.45) is 0 Å². The molecule has 0 radical (unpaired) electrons. The van der Waals surface area contributed by atoms with E-state index in [0.717, 1.165) is 31.7 Å². The van der Waals surface area contributed by atoms with E-state index in [1.165, 1.54) is 0 Å². The molecule has 1 atom stereocenters. The Kier molecular flexibility index (Phi) is 6.09. The maximum absolute atomic E-state index is 9.06. The molecule has 1 aromatic rings. The predicted molar refractivity (Wildman–Crippen MR) is 68.5 cm³/mol. The number of likely N-dealkylation sites (N-methyl/N-ethyl adjacent to an activating group) is 1. The van der Waals surface area contributed by atoms with E-state index >= 15 is 0 Å². The molecule has 0 aliphatic carbocycles. The van der Waals surface area contributed by atoms with Crippen LogP contribution in [0, 0.1) is 11.3 Å². The maximum atomic E-state index is 9.06. The largest absolute Gasteiger partial charge is 0.303 e. The Morgan fingerprint density at radius 1 is 1.50 bits per heavy atom. The summed E-state index contributed by atoms with van der Waals surface area (Å²) in [7, 11) is 0. The molecule has 1 heterocycles. The summed E-state index contributed by atoms with van der Waals surface area (Å²) in [6.45, 7) is 8.29. The minimum atomic E-state index is -0.165. The molecule has 1 aromatic heterocycles. The zero-order valence-corrected chi connectivity index (χ0v) is 10.8. The average molecular weight is 237 g/mol. The summed E-state index contributed by atoms with van der Waals surface area (Å²) in [6, 6.07) is 4.13. The Balaban J connectivity index is 2.33. The van der Waals surface area contributed by atoms with Crippen molar-refractivity contribution in [2.45, 2.75) is 19.9 Å². The van der Waals surface area contributed by atoms with Gasteiger partial charge in [0.15, 0.2) is 0 Å². The van der Waals surface area contributed by atoms with E-state index in [2.05, 4.69) is 30.1 Å². The van der Waals surface area contributed by atoms with Crippen LogP contribution in [0.3, 0.4) is 0 Å². The molecule has 4 heteroatoms. The van der Waals surface area contributed by atoms with Crippen molar-refractivity contribution in [1.29, 1.82) is 5.26 Å². The van der Waals surface area contributed by atoms with E-state index in [1.54, 1.807) is 11.3 Å². The molecule has 0 aliphatic heterocycles. The van der Waals surface area contributed by atoms with Gasteiger partial charge in [0.1, 0.15) is 6.04 Å². The number of nitrogens with one attached hydrogen (secondary N) is 1. The zero-order chi connectivity index (χ0) is 11.8. The first kappa shape index (κ1) is 13.2. The fourth-order valence-corrected chi connectivity index (χ4v) is 2.27. The third-order valence-electron chi connectivity index (χ3n) is 2.68. The Labute approximate surface area is 102 Å². The fourth-order valence-electron chi connectivity index (χ4n) is 1.58. The van der Waals surface area contributed by atoms with Crippen LogP contribution in [-0.2, 0) is 0 Å². The summed E-state index contributed by atoms with van der Waals surface area (Å²) in [6.07, 6.45) is 0. The van der Waals surface area contributed by atoms with Gasteiger partial charge in [-0.1, -0.05) is 13.8 Å². The van der Waals surface area contributed by atoms with Crippen LogP contribution in [0.1, 0.15) is 25.5 Å². The number of thiophene rings is 1. The highest BCUT2D eigenvalue weighted by atomic mass is 32.1. The van der Waals surface area contributed by atoms with E-state index < -0.39 is 0 Å². The predicted octanol–water partition coefficient (Wildman–Crippen LogP) is 2.24. The first-order valence-electron chi connectivity index (χ1n) is 5.69. The number of hydrogen-bond acceptors (Lipinski definition) is 4. The molecular weight excluding hydrogens is 218 g/mol. The SMILES string of the molecule is CCN(CC)CCNC(C#N)c1ccsc1. The molecule has 0 bridgehead atoms. The quantitative estimate of drug-likeness (QED) is 0.790. The Bertz CT molecular complexity index is 312. The summed E-state index contributed by atoms with van der Waals surface area (Å²) >= 11 is 1.63. The van der Waals surface area contributed by atoms with Gasteiger partial charge < -0.3 is 4.90 Å². The van der Waals surface area contributed by atoms with Gasteiger partial charge in [0.05, 0.1) is 6.07 Å².